The van der Waals surface area contributed by atoms with Gasteiger partial charge in [0.25, 0.3) is 11.5 Å². The first-order valence-electron chi connectivity index (χ1n) is 4.03. The second kappa shape index (κ2) is 4.49. The summed E-state index contributed by atoms with van der Waals surface area (Å²) in [5, 5.41) is 9.31. The number of hydrogen-bond acceptors (Lipinski definition) is 5. The van der Waals surface area contributed by atoms with Crippen LogP contribution in [-0.2, 0) is 9.05 Å². The van der Waals surface area contributed by atoms with E-state index in [1.807, 2.05) is 0 Å². The van der Waals surface area contributed by atoms with Crippen LogP contribution in [0.15, 0.2) is 11.1 Å². The van der Waals surface area contributed by atoms with Gasteiger partial charge in [-0.25, -0.2) is 17.2 Å². The lowest BCUT2D eigenvalue weighted by molar-refractivity contribution is -0.390. The topological polar surface area (TPSA) is 90.2 Å². The zero-order valence-electron chi connectivity index (χ0n) is 8.22. The summed E-state index contributed by atoms with van der Waals surface area (Å²) in [5.74, 6) is -0.825. The Morgan fingerprint density at radius 1 is 1.53 bits per heavy atom. The van der Waals surface area contributed by atoms with Crippen molar-refractivity contribution in [2.45, 2.75) is 18.4 Å². The molecule has 17 heavy (non-hydrogen) atoms. The molecule has 0 amide bonds. The fourth-order valence-corrected chi connectivity index (χ4v) is 2.14. The molecule has 1 aromatic heterocycles. The minimum absolute atomic E-state index is 0.172. The van der Waals surface area contributed by atoms with Gasteiger partial charge < -0.3 is 10.1 Å². The molecular formula is C7H5ClF2N2O4S. The van der Waals surface area contributed by atoms with E-state index in [0.717, 1.165) is 0 Å². The maximum absolute atomic E-state index is 12.5. The number of alkyl halides is 2. The van der Waals surface area contributed by atoms with Crippen LogP contribution in [0.4, 0.5) is 14.6 Å². The highest BCUT2D eigenvalue weighted by molar-refractivity contribution is 8.13. The van der Waals surface area contributed by atoms with Gasteiger partial charge in [0.15, 0.2) is 0 Å². The first-order chi connectivity index (χ1) is 7.64. The van der Waals surface area contributed by atoms with E-state index in [1.165, 1.54) is 6.92 Å². The maximum atomic E-state index is 12.5. The number of rotatable bonds is 3. The van der Waals surface area contributed by atoms with Crippen LogP contribution >= 0.6 is 10.7 Å². The molecule has 0 spiro atoms. The Bertz CT molecular complexity index is 575. The number of aryl methyl sites for hydroxylation is 1. The SMILES string of the molecule is Cc1cc(C(F)F)c(S(=O)(=O)Cl)nc1[N+](=O)[O-]. The van der Waals surface area contributed by atoms with Crippen molar-refractivity contribution in [2.75, 3.05) is 0 Å². The minimum Gasteiger partial charge on any atom is -0.358 e. The average Bonchev–Trinajstić information content (AvgIpc) is 2.14. The number of nitro groups is 1. The van der Waals surface area contributed by atoms with Gasteiger partial charge in [-0.3, -0.25) is 0 Å². The molecule has 0 N–H and O–H groups in total. The van der Waals surface area contributed by atoms with Crippen molar-refractivity contribution in [3.05, 3.63) is 27.3 Å². The highest BCUT2D eigenvalue weighted by atomic mass is 35.7. The summed E-state index contributed by atoms with van der Waals surface area (Å²) in [6.45, 7) is 1.17. The van der Waals surface area contributed by atoms with E-state index < -0.39 is 36.8 Å². The van der Waals surface area contributed by atoms with Crippen LogP contribution < -0.4 is 0 Å². The van der Waals surface area contributed by atoms with Crippen molar-refractivity contribution in [1.29, 1.82) is 0 Å². The predicted octanol–water partition coefficient (Wildman–Crippen LogP) is 2.16. The molecule has 1 rings (SSSR count). The molecule has 94 valence electrons. The largest absolute Gasteiger partial charge is 0.367 e. The first kappa shape index (κ1) is 13.7. The van der Waals surface area contributed by atoms with Gasteiger partial charge in [-0.15, -0.1) is 0 Å². The Balaban J connectivity index is 3.66. The molecule has 6 nitrogen and oxygen atoms in total. The number of nitrogens with zero attached hydrogens (tertiary/aromatic N) is 2. The first-order valence-corrected chi connectivity index (χ1v) is 6.34. The lowest BCUT2D eigenvalue weighted by atomic mass is 10.2. The molecule has 0 aromatic carbocycles. The third-order valence-corrected chi connectivity index (χ3v) is 3.05. The van der Waals surface area contributed by atoms with E-state index in [-0.39, 0.29) is 5.56 Å². The molecule has 0 saturated heterocycles. The number of aromatic nitrogens is 1. The van der Waals surface area contributed by atoms with Crippen LogP contribution in [0.3, 0.4) is 0 Å². The van der Waals surface area contributed by atoms with Gasteiger partial charge in [0.1, 0.15) is 0 Å². The van der Waals surface area contributed by atoms with Crippen LogP contribution in [0.5, 0.6) is 0 Å². The Morgan fingerprint density at radius 3 is 2.41 bits per heavy atom. The molecule has 1 heterocycles. The van der Waals surface area contributed by atoms with E-state index in [4.69, 9.17) is 10.7 Å². The summed E-state index contributed by atoms with van der Waals surface area (Å²) in [6, 6.07) is 0.686. The molecule has 0 fully saturated rings. The van der Waals surface area contributed by atoms with Crippen molar-refractivity contribution in [3.63, 3.8) is 0 Å². The smallest absolute Gasteiger partial charge is 0.358 e. The third-order valence-electron chi connectivity index (χ3n) is 1.82. The van der Waals surface area contributed by atoms with Gasteiger partial charge in [0.05, 0.1) is 5.56 Å². The molecular weight excluding hydrogens is 282 g/mol. The monoisotopic (exact) mass is 286 g/mol. The predicted molar refractivity (Wildman–Crippen MR) is 53.6 cm³/mol. The van der Waals surface area contributed by atoms with E-state index in [0.29, 0.717) is 6.07 Å². The molecule has 0 atom stereocenters. The third kappa shape index (κ3) is 2.86. The molecule has 0 bridgehead atoms. The summed E-state index contributed by atoms with van der Waals surface area (Å²) in [5.41, 5.74) is -1.13. The van der Waals surface area contributed by atoms with E-state index in [9.17, 15) is 27.3 Å². The summed E-state index contributed by atoms with van der Waals surface area (Å²) < 4.78 is 47.1. The summed E-state index contributed by atoms with van der Waals surface area (Å²) >= 11 is 0. The van der Waals surface area contributed by atoms with Crippen molar-refractivity contribution >= 4 is 25.6 Å². The lowest BCUT2D eigenvalue weighted by Crippen LogP contribution is -2.06. The second-order valence-electron chi connectivity index (χ2n) is 3.02. The van der Waals surface area contributed by atoms with Gasteiger partial charge in [0, 0.05) is 16.2 Å². The number of hydrogen-bond donors (Lipinski definition) is 0. The normalized spacial score (nSPS) is 11.8. The van der Waals surface area contributed by atoms with Gasteiger partial charge in [-0.1, -0.05) is 0 Å². The molecule has 0 saturated carbocycles. The maximum Gasteiger partial charge on any atom is 0.367 e. The van der Waals surface area contributed by atoms with Gasteiger partial charge >= 0.3 is 14.9 Å². The molecule has 0 aliphatic heterocycles. The van der Waals surface area contributed by atoms with E-state index >= 15 is 0 Å². The molecule has 0 radical (unpaired) electrons. The van der Waals surface area contributed by atoms with Crippen LogP contribution in [0, 0.1) is 17.0 Å². The molecule has 0 aliphatic rings. The van der Waals surface area contributed by atoms with Gasteiger partial charge in [-0.2, -0.15) is 0 Å². The van der Waals surface area contributed by atoms with Crippen molar-refractivity contribution in [1.82, 2.24) is 4.98 Å². The van der Waals surface area contributed by atoms with Crippen molar-refractivity contribution in [2.24, 2.45) is 0 Å². The lowest BCUT2D eigenvalue weighted by Gasteiger charge is -2.04. The van der Waals surface area contributed by atoms with Crippen LogP contribution in [0.25, 0.3) is 0 Å². The van der Waals surface area contributed by atoms with Crippen LogP contribution in [0.1, 0.15) is 17.6 Å². The zero-order chi connectivity index (χ0) is 13.4. The average molecular weight is 287 g/mol. The standard InChI is InChI=1S/C7H5ClF2N2O4S/c1-3-2-4(5(9)10)7(17(8,15)16)11-6(3)12(13)14/h2,5H,1H3. The molecule has 0 aliphatic carbocycles. The minimum atomic E-state index is -4.57. The Hall–Kier alpha value is -1.35. The van der Waals surface area contributed by atoms with Gasteiger partial charge in [-0.05, 0) is 22.9 Å². The summed E-state index contributed by atoms with van der Waals surface area (Å²) in [6.07, 6.45) is -3.15. The number of halogens is 3. The van der Waals surface area contributed by atoms with Crippen molar-refractivity contribution in [3.8, 4) is 0 Å². The molecule has 0 unspecified atom stereocenters. The molecule has 1 aromatic rings. The molecule has 10 heteroatoms. The fraction of sp³-hybridized carbons (Fsp3) is 0.286. The summed E-state index contributed by atoms with van der Waals surface area (Å²) in [4.78, 5) is 12.6. The quantitative estimate of drug-likeness (QED) is 0.482. The highest BCUT2D eigenvalue weighted by Gasteiger charge is 2.31. The van der Waals surface area contributed by atoms with E-state index in [2.05, 4.69) is 4.98 Å². The van der Waals surface area contributed by atoms with Crippen LogP contribution in [0.2, 0.25) is 0 Å². The Kier molecular flexibility index (Phi) is 3.62. The van der Waals surface area contributed by atoms with Crippen molar-refractivity contribution < 1.29 is 22.1 Å². The Morgan fingerprint density at radius 2 is 2.06 bits per heavy atom. The van der Waals surface area contributed by atoms with Gasteiger partial charge in [0.2, 0.25) is 0 Å². The van der Waals surface area contributed by atoms with E-state index in [1.54, 1.807) is 0 Å². The number of pyridine rings is 1. The second-order valence-corrected chi connectivity index (χ2v) is 5.50. The zero-order valence-corrected chi connectivity index (χ0v) is 9.80. The Labute approximate surface area is 98.8 Å². The summed E-state index contributed by atoms with van der Waals surface area (Å²) in [7, 11) is 0.316. The fourth-order valence-electron chi connectivity index (χ4n) is 1.14. The highest BCUT2D eigenvalue weighted by Crippen LogP contribution is 2.31. The van der Waals surface area contributed by atoms with Crippen LogP contribution in [-0.4, -0.2) is 18.3 Å².